The van der Waals surface area contributed by atoms with Gasteiger partial charge in [0.05, 0.1) is 12.6 Å². The second-order valence-corrected chi connectivity index (χ2v) is 7.35. The smallest absolute Gasteiger partial charge is 0.273 e. The van der Waals surface area contributed by atoms with E-state index < -0.39 is 0 Å². The lowest BCUT2D eigenvalue weighted by Gasteiger charge is -2.28. The molecule has 1 aromatic heterocycles. The molecule has 0 aliphatic carbocycles. The Morgan fingerprint density at radius 2 is 2.11 bits per heavy atom. The van der Waals surface area contributed by atoms with Crippen LogP contribution in [-0.4, -0.2) is 46.8 Å². The number of β-amino-alcohol motifs (C(OH)–C–C–N with tert-alkyl or cyclic N) is 1. The van der Waals surface area contributed by atoms with Gasteiger partial charge in [-0.1, -0.05) is 47.6 Å². The summed E-state index contributed by atoms with van der Waals surface area (Å²) in [6, 6.07) is 16.2. The van der Waals surface area contributed by atoms with Crippen molar-refractivity contribution >= 4 is 16.7 Å². The van der Waals surface area contributed by atoms with Crippen molar-refractivity contribution in [1.82, 2.24) is 15.4 Å². The lowest BCUT2D eigenvalue weighted by atomic mass is 10.0. The van der Waals surface area contributed by atoms with Gasteiger partial charge >= 0.3 is 0 Å². The van der Waals surface area contributed by atoms with Gasteiger partial charge in [-0.25, -0.2) is 0 Å². The molecule has 0 bridgehead atoms. The van der Waals surface area contributed by atoms with E-state index in [1.807, 2.05) is 18.2 Å². The van der Waals surface area contributed by atoms with Crippen LogP contribution in [0, 0.1) is 0 Å². The maximum absolute atomic E-state index is 12.4. The van der Waals surface area contributed by atoms with Gasteiger partial charge in [-0.2, -0.15) is 0 Å². The Balaban J connectivity index is 1.31. The highest BCUT2D eigenvalue weighted by atomic mass is 16.5. The third kappa shape index (κ3) is 4.40. The van der Waals surface area contributed by atoms with Crippen molar-refractivity contribution in [1.29, 1.82) is 0 Å². The molecule has 1 aliphatic heterocycles. The number of nitrogens with zero attached hydrogens (tertiary/aromatic N) is 2. The van der Waals surface area contributed by atoms with E-state index in [1.165, 1.54) is 16.3 Å². The highest BCUT2D eigenvalue weighted by molar-refractivity contribution is 5.92. The molecule has 0 saturated carbocycles. The topological polar surface area (TPSA) is 78.6 Å². The Kier molecular flexibility index (Phi) is 5.69. The van der Waals surface area contributed by atoms with Crippen molar-refractivity contribution in [3.63, 3.8) is 0 Å². The Morgan fingerprint density at radius 1 is 1.25 bits per heavy atom. The van der Waals surface area contributed by atoms with Crippen molar-refractivity contribution in [3.8, 4) is 0 Å². The van der Waals surface area contributed by atoms with E-state index in [2.05, 4.69) is 39.6 Å². The van der Waals surface area contributed by atoms with Crippen LogP contribution in [0.1, 0.15) is 34.7 Å². The molecule has 2 heterocycles. The van der Waals surface area contributed by atoms with Crippen molar-refractivity contribution in [3.05, 3.63) is 65.5 Å². The van der Waals surface area contributed by atoms with Crippen LogP contribution >= 0.6 is 0 Å². The molecule has 28 heavy (non-hydrogen) atoms. The first kappa shape index (κ1) is 18.7. The van der Waals surface area contributed by atoms with Gasteiger partial charge in [-0.3, -0.25) is 9.69 Å². The molecule has 0 radical (unpaired) electrons. The molecule has 2 N–H and O–H groups in total. The molecule has 1 fully saturated rings. The summed E-state index contributed by atoms with van der Waals surface area (Å²) < 4.78 is 5.31. The van der Waals surface area contributed by atoms with Gasteiger partial charge < -0.3 is 14.9 Å². The van der Waals surface area contributed by atoms with Crippen LogP contribution in [0.25, 0.3) is 10.8 Å². The van der Waals surface area contributed by atoms with E-state index in [-0.39, 0.29) is 12.0 Å². The number of aliphatic hydroxyl groups excluding tert-OH is 1. The van der Waals surface area contributed by atoms with Gasteiger partial charge in [0.15, 0.2) is 11.5 Å². The molecule has 4 rings (SSSR count). The number of aliphatic hydroxyl groups is 1. The highest BCUT2D eigenvalue weighted by Crippen LogP contribution is 2.19. The van der Waals surface area contributed by atoms with Crippen LogP contribution in [0.15, 0.2) is 53.1 Å². The maximum atomic E-state index is 12.4. The second-order valence-electron chi connectivity index (χ2n) is 7.35. The van der Waals surface area contributed by atoms with Gasteiger partial charge in [-0.15, -0.1) is 0 Å². The molecule has 3 aromatic rings. The molecule has 6 nitrogen and oxygen atoms in total. The molecule has 1 amide bonds. The zero-order valence-electron chi connectivity index (χ0n) is 15.8. The third-order valence-electron chi connectivity index (χ3n) is 5.21. The number of carbonyl (C=O) groups is 1. The number of carbonyl (C=O) groups excluding carboxylic acids is 1. The summed E-state index contributed by atoms with van der Waals surface area (Å²) in [6.07, 6.45) is 2.28. The molecular formula is C22H25N3O3. The first-order chi connectivity index (χ1) is 13.7. The number of aromatic nitrogens is 1. The number of piperidine rings is 1. The zero-order chi connectivity index (χ0) is 19.3. The summed E-state index contributed by atoms with van der Waals surface area (Å²) in [5.41, 5.74) is 1.51. The minimum absolute atomic E-state index is 0.228. The predicted molar refractivity (Wildman–Crippen MR) is 107 cm³/mol. The number of hydrogen-bond donors (Lipinski definition) is 2. The molecule has 146 valence electrons. The summed E-state index contributed by atoms with van der Waals surface area (Å²) in [6.45, 7) is 2.65. The lowest BCUT2D eigenvalue weighted by Crippen LogP contribution is -2.37. The van der Waals surface area contributed by atoms with Crippen LogP contribution < -0.4 is 5.32 Å². The standard InChI is InChI=1S/C22H25N3O3/c26-18-8-4-12-25(14-18)15-19-13-21(24-28-19)22(27)23-11-10-17-7-3-6-16-5-1-2-9-20(16)17/h1-3,5-7,9,13,18,26H,4,8,10-12,14-15H2,(H,23,27). The molecular weight excluding hydrogens is 354 g/mol. The lowest BCUT2D eigenvalue weighted by molar-refractivity contribution is 0.0622. The van der Waals surface area contributed by atoms with Crippen LogP contribution in [0.5, 0.6) is 0 Å². The number of nitrogens with one attached hydrogen (secondary N) is 1. The van der Waals surface area contributed by atoms with E-state index in [0.29, 0.717) is 31.1 Å². The maximum Gasteiger partial charge on any atom is 0.273 e. The van der Waals surface area contributed by atoms with Crippen molar-refractivity contribution in [2.75, 3.05) is 19.6 Å². The molecule has 1 unspecified atom stereocenters. The Morgan fingerprint density at radius 3 is 3.00 bits per heavy atom. The van der Waals surface area contributed by atoms with E-state index in [9.17, 15) is 9.90 Å². The van der Waals surface area contributed by atoms with Gasteiger partial charge in [0.2, 0.25) is 0 Å². The minimum atomic E-state index is -0.284. The Labute approximate surface area is 164 Å². The summed E-state index contributed by atoms with van der Waals surface area (Å²) in [5, 5.41) is 19.0. The fourth-order valence-corrected chi connectivity index (χ4v) is 3.80. The summed E-state index contributed by atoms with van der Waals surface area (Å²) in [4.78, 5) is 14.5. The normalized spacial score (nSPS) is 17.7. The predicted octanol–water partition coefficient (Wildman–Crippen LogP) is 2.76. The number of rotatable bonds is 6. The number of hydrogen-bond acceptors (Lipinski definition) is 5. The van der Waals surface area contributed by atoms with E-state index in [1.54, 1.807) is 6.07 Å². The first-order valence-corrected chi connectivity index (χ1v) is 9.80. The quantitative estimate of drug-likeness (QED) is 0.689. The van der Waals surface area contributed by atoms with Gasteiger partial charge in [-0.05, 0) is 42.1 Å². The minimum Gasteiger partial charge on any atom is -0.392 e. The third-order valence-corrected chi connectivity index (χ3v) is 5.21. The van der Waals surface area contributed by atoms with Crippen molar-refractivity contribution in [2.24, 2.45) is 0 Å². The fraction of sp³-hybridized carbons (Fsp3) is 0.364. The van der Waals surface area contributed by atoms with Gasteiger partial charge in [0, 0.05) is 19.2 Å². The van der Waals surface area contributed by atoms with Crippen molar-refractivity contribution in [2.45, 2.75) is 31.9 Å². The molecule has 1 aliphatic rings. The monoisotopic (exact) mass is 379 g/mol. The van der Waals surface area contributed by atoms with E-state index in [4.69, 9.17) is 4.52 Å². The number of likely N-dealkylation sites (tertiary alicyclic amines) is 1. The van der Waals surface area contributed by atoms with Crippen LogP contribution in [0.2, 0.25) is 0 Å². The average molecular weight is 379 g/mol. The van der Waals surface area contributed by atoms with Crippen molar-refractivity contribution < 1.29 is 14.4 Å². The summed E-state index contributed by atoms with van der Waals surface area (Å²) in [5.74, 6) is 0.419. The van der Waals surface area contributed by atoms with E-state index >= 15 is 0 Å². The van der Waals surface area contributed by atoms with Crippen LogP contribution in [0.3, 0.4) is 0 Å². The zero-order valence-corrected chi connectivity index (χ0v) is 15.8. The summed E-state index contributed by atoms with van der Waals surface area (Å²) >= 11 is 0. The SMILES string of the molecule is O=C(NCCc1cccc2ccccc12)c1cc(CN2CCCC(O)C2)on1. The molecule has 1 atom stereocenters. The average Bonchev–Trinajstić information content (AvgIpc) is 3.17. The highest BCUT2D eigenvalue weighted by Gasteiger charge is 2.20. The molecule has 6 heteroatoms. The molecule has 2 aromatic carbocycles. The number of fused-ring (bicyclic) bond motifs is 1. The van der Waals surface area contributed by atoms with Crippen LogP contribution in [0.4, 0.5) is 0 Å². The first-order valence-electron chi connectivity index (χ1n) is 9.80. The van der Waals surface area contributed by atoms with E-state index in [0.717, 1.165) is 25.8 Å². The fourth-order valence-electron chi connectivity index (χ4n) is 3.80. The second kappa shape index (κ2) is 8.54. The molecule has 0 spiro atoms. The Hall–Kier alpha value is -2.70. The summed E-state index contributed by atoms with van der Waals surface area (Å²) in [7, 11) is 0. The van der Waals surface area contributed by atoms with Crippen LogP contribution in [-0.2, 0) is 13.0 Å². The Bertz CT molecular complexity index is 948. The van der Waals surface area contributed by atoms with Gasteiger partial charge in [0.1, 0.15) is 0 Å². The number of benzene rings is 2. The number of amides is 1. The largest absolute Gasteiger partial charge is 0.392 e. The molecule has 1 saturated heterocycles. The van der Waals surface area contributed by atoms with Gasteiger partial charge in [0.25, 0.3) is 5.91 Å².